The highest BCUT2D eigenvalue weighted by molar-refractivity contribution is 7.85. The second-order valence-electron chi connectivity index (χ2n) is 8.85. The molecule has 0 spiro atoms. The molecule has 0 heterocycles. The highest BCUT2D eigenvalue weighted by Gasteiger charge is 2.40. The molecule has 0 N–H and O–H groups in total. The molecule has 1 atom stereocenters. The van der Waals surface area contributed by atoms with Crippen LogP contribution in [0.1, 0.15) is 110 Å². The lowest BCUT2D eigenvalue weighted by Gasteiger charge is -2.43. The molecular weight excluding hydrogens is 312 g/mol. The lowest BCUT2D eigenvalue weighted by atomic mass is 9.68. The zero-order chi connectivity index (χ0) is 17.4. The van der Waals surface area contributed by atoms with Gasteiger partial charge in [-0.15, -0.1) is 0 Å². The van der Waals surface area contributed by atoms with E-state index in [4.69, 9.17) is 0 Å². The van der Waals surface area contributed by atoms with Crippen LogP contribution in [0.2, 0.25) is 0 Å². The van der Waals surface area contributed by atoms with Gasteiger partial charge in [0.25, 0.3) is 0 Å². The van der Waals surface area contributed by atoms with Crippen LogP contribution < -0.4 is 0 Å². The van der Waals surface area contributed by atoms with Crippen LogP contribution in [0.5, 0.6) is 0 Å². The normalized spacial score (nSPS) is 35.7. The summed E-state index contributed by atoms with van der Waals surface area (Å²) in [6.45, 7) is 4.57. The maximum absolute atomic E-state index is 12.4. The standard InChI is InChI=1S/C22H42OS/c1-4-6-8-9-19-10-12-20(13-11-19)21-14-17-22(18-15-21,24(3)23)16-7-5-2/h19-21H,4-18H2,1-3H3. The van der Waals surface area contributed by atoms with Crippen molar-refractivity contribution in [1.29, 1.82) is 0 Å². The predicted octanol–water partition coefficient (Wildman–Crippen LogP) is 6.87. The molecular formula is C22H42OS. The van der Waals surface area contributed by atoms with Crippen molar-refractivity contribution in [2.75, 3.05) is 6.26 Å². The van der Waals surface area contributed by atoms with Crippen LogP contribution in [0, 0.1) is 17.8 Å². The highest BCUT2D eigenvalue weighted by atomic mass is 32.2. The summed E-state index contributed by atoms with van der Waals surface area (Å²) in [5, 5.41) is 0. The van der Waals surface area contributed by atoms with Crippen molar-refractivity contribution in [3.63, 3.8) is 0 Å². The Morgan fingerprint density at radius 2 is 1.42 bits per heavy atom. The van der Waals surface area contributed by atoms with Crippen LogP contribution in [-0.2, 0) is 10.8 Å². The summed E-state index contributed by atoms with van der Waals surface area (Å²) in [6.07, 6.45) is 22.5. The number of hydrogen-bond acceptors (Lipinski definition) is 1. The van der Waals surface area contributed by atoms with Gasteiger partial charge in [-0.25, -0.2) is 0 Å². The molecule has 0 aromatic carbocycles. The number of rotatable bonds is 9. The summed E-state index contributed by atoms with van der Waals surface area (Å²) in [7, 11) is -0.643. The minimum atomic E-state index is -0.643. The molecule has 0 aromatic heterocycles. The minimum absolute atomic E-state index is 0.171. The monoisotopic (exact) mass is 354 g/mol. The third-order valence-corrected chi connectivity index (χ3v) is 9.14. The third kappa shape index (κ3) is 5.58. The van der Waals surface area contributed by atoms with E-state index >= 15 is 0 Å². The molecule has 24 heavy (non-hydrogen) atoms. The first-order chi connectivity index (χ1) is 11.6. The van der Waals surface area contributed by atoms with Crippen molar-refractivity contribution in [3.8, 4) is 0 Å². The van der Waals surface area contributed by atoms with Crippen LogP contribution in [0.15, 0.2) is 0 Å². The Labute approximate surface area is 154 Å². The van der Waals surface area contributed by atoms with E-state index in [1.165, 1.54) is 96.3 Å². The van der Waals surface area contributed by atoms with Gasteiger partial charge in [-0.05, 0) is 62.7 Å². The van der Waals surface area contributed by atoms with Crippen molar-refractivity contribution in [2.24, 2.45) is 17.8 Å². The quantitative estimate of drug-likeness (QED) is 0.413. The van der Waals surface area contributed by atoms with Gasteiger partial charge in [0.2, 0.25) is 0 Å². The SMILES string of the molecule is CCCCCC1CCC(C2CCC(CCCC)(S(C)=O)CC2)CC1. The second kappa shape index (κ2) is 10.3. The van der Waals surface area contributed by atoms with Gasteiger partial charge < -0.3 is 0 Å². The van der Waals surface area contributed by atoms with Gasteiger partial charge >= 0.3 is 0 Å². The zero-order valence-corrected chi connectivity index (χ0v) is 17.5. The Morgan fingerprint density at radius 3 is 1.96 bits per heavy atom. The number of unbranched alkanes of at least 4 members (excludes halogenated alkanes) is 3. The Balaban J connectivity index is 1.75. The zero-order valence-electron chi connectivity index (χ0n) is 16.7. The molecule has 1 unspecified atom stereocenters. The molecule has 0 amide bonds. The predicted molar refractivity (Wildman–Crippen MR) is 108 cm³/mol. The molecule has 142 valence electrons. The second-order valence-corrected chi connectivity index (χ2v) is 10.6. The summed E-state index contributed by atoms with van der Waals surface area (Å²) in [6, 6.07) is 0. The topological polar surface area (TPSA) is 17.1 Å². The largest absolute Gasteiger partial charge is 0.259 e. The third-order valence-electron chi connectivity index (χ3n) is 7.31. The average molecular weight is 355 g/mol. The molecule has 2 rings (SSSR count). The van der Waals surface area contributed by atoms with Crippen LogP contribution in [0.3, 0.4) is 0 Å². The molecule has 2 heteroatoms. The van der Waals surface area contributed by atoms with Crippen molar-refractivity contribution < 1.29 is 4.21 Å². The molecule has 0 bridgehead atoms. The lowest BCUT2D eigenvalue weighted by molar-refractivity contribution is 0.147. The Kier molecular flexibility index (Phi) is 8.81. The van der Waals surface area contributed by atoms with E-state index in [1.807, 2.05) is 6.26 Å². The van der Waals surface area contributed by atoms with Gasteiger partial charge in [0.05, 0.1) is 0 Å². The maximum Gasteiger partial charge on any atom is 0.0456 e. The van der Waals surface area contributed by atoms with E-state index in [0.29, 0.717) is 0 Å². The lowest BCUT2D eigenvalue weighted by Crippen LogP contribution is -2.40. The minimum Gasteiger partial charge on any atom is -0.259 e. The first kappa shape index (κ1) is 20.5. The van der Waals surface area contributed by atoms with E-state index < -0.39 is 10.8 Å². The first-order valence-corrected chi connectivity index (χ1v) is 12.5. The van der Waals surface area contributed by atoms with Crippen molar-refractivity contribution >= 4 is 10.8 Å². The van der Waals surface area contributed by atoms with E-state index in [2.05, 4.69) is 13.8 Å². The highest BCUT2D eigenvalue weighted by Crippen LogP contribution is 2.46. The Hall–Kier alpha value is 0.150. The molecule has 2 fully saturated rings. The molecule has 0 aromatic rings. The van der Waals surface area contributed by atoms with E-state index in [1.54, 1.807) is 0 Å². The molecule has 2 aliphatic rings. The fourth-order valence-electron chi connectivity index (χ4n) is 5.45. The first-order valence-electron chi connectivity index (χ1n) is 10.9. The molecule has 0 aliphatic heterocycles. The Morgan fingerprint density at radius 1 is 0.833 bits per heavy atom. The van der Waals surface area contributed by atoms with Crippen molar-refractivity contribution in [3.05, 3.63) is 0 Å². The summed E-state index contributed by atoms with van der Waals surface area (Å²) in [5.74, 6) is 2.96. The van der Waals surface area contributed by atoms with Crippen LogP contribution >= 0.6 is 0 Å². The van der Waals surface area contributed by atoms with Crippen LogP contribution in [-0.4, -0.2) is 15.2 Å². The van der Waals surface area contributed by atoms with Gasteiger partial charge in [-0.1, -0.05) is 65.2 Å². The van der Waals surface area contributed by atoms with E-state index in [9.17, 15) is 4.21 Å². The van der Waals surface area contributed by atoms with E-state index in [0.717, 1.165) is 17.8 Å². The van der Waals surface area contributed by atoms with Gasteiger partial charge in [0.1, 0.15) is 0 Å². The van der Waals surface area contributed by atoms with E-state index in [-0.39, 0.29) is 4.75 Å². The van der Waals surface area contributed by atoms with Crippen LogP contribution in [0.4, 0.5) is 0 Å². The summed E-state index contributed by atoms with van der Waals surface area (Å²) < 4.78 is 12.6. The van der Waals surface area contributed by atoms with Gasteiger partial charge in [0, 0.05) is 21.8 Å². The molecule has 2 aliphatic carbocycles. The fourth-order valence-corrected chi connectivity index (χ4v) is 6.69. The van der Waals surface area contributed by atoms with Gasteiger partial charge in [0.15, 0.2) is 0 Å². The Bertz CT molecular complexity index is 362. The molecule has 0 radical (unpaired) electrons. The average Bonchev–Trinajstić information content (AvgIpc) is 2.61. The van der Waals surface area contributed by atoms with Crippen molar-refractivity contribution in [2.45, 2.75) is 115 Å². The maximum atomic E-state index is 12.4. The summed E-state index contributed by atoms with van der Waals surface area (Å²) in [4.78, 5) is 0. The summed E-state index contributed by atoms with van der Waals surface area (Å²) >= 11 is 0. The molecule has 1 nitrogen and oxygen atoms in total. The number of hydrogen-bond donors (Lipinski definition) is 0. The molecule has 0 saturated heterocycles. The fraction of sp³-hybridized carbons (Fsp3) is 1.00. The van der Waals surface area contributed by atoms with Crippen molar-refractivity contribution in [1.82, 2.24) is 0 Å². The van der Waals surface area contributed by atoms with Crippen LogP contribution in [0.25, 0.3) is 0 Å². The molecule has 2 saturated carbocycles. The smallest absolute Gasteiger partial charge is 0.0456 e. The van der Waals surface area contributed by atoms with Gasteiger partial charge in [-0.3, -0.25) is 4.21 Å². The van der Waals surface area contributed by atoms with Gasteiger partial charge in [-0.2, -0.15) is 0 Å². The summed E-state index contributed by atoms with van der Waals surface area (Å²) in [5.41, 5.74) is 0.